The average Bonchev–Trinajstić information content (AvgIpc) is 2.86. The van der Waals surface area contributed by atoms with Gasteiger partial charge in [0.25, 0.3) is 0 Å². The van der Waals surface area contributed by atoms with E-state index in [0.29, 0.717) is 54.1 Å². The van der Waals surface area contributed by atoms with E-state index >= 15 is 0 Å². The molecule has 34 heavy (non-hydrogen) atoms. The second-order valence-electron chi connectivity index (χ2n) is 8.41. The van der Waals surface area contributed by atoms with Gasteiger partial charge in [-0.25, -0.2) is 0 Å². The van der Waals surface area contributed by atoms with E-state index in [2.05, 4.69) is 4.90 Å². The number of benzene rings is 3. The molecule has 0 aliphatic carbocycles. The molecule has 3 aromatic rings. The Balaban J connectivity index is 1.63. The zero-order valence-electron chi connectivity index (χ0n) is 18.9. The number of hydrogen-bond donors (Lipinski definition) is 1. The summed E-state index contributed by atoms with van der Waals surface area (Å²) in [5, 5.41) is 10.4. The zero-order chi connectivity index (χ0) is 24.1. The van der Waals surface area contributed by atoms with Crippen molar-refractivity contribution in [2.24, 2.45) is 5.92 Å². The molecule has 1 atom stereocenters. The van der Waals surface area contributed by atoms with Crippen LogP contribution < -0.4 is 9.47 Å². The first-order chi connectivity index (χ1) is 16.5. The Morgan fingerprint density at radius 2 is 1.65 bits per heavy atom. The number of halogens is 2. The molecule has 1 unspecified atom stereocenters. The lowest BCUT2D eigenvalue weighted by Gasteiger charge is -2.37. The third-order valence-corrected chi connectivity index (χ3v) is 6.98. The molecule has 1 fully saturated rings. The molecule has 1 aliphatic heterocycles. The summed E-state index contributed by atoms with van der Waals surface area (Å²) >= 11 is 12.5. The molecular weight excluding hydrogens is 473 g/mol. The monoisotopic (exact) mass is 499 g/mol. The van der Waals surface area contributed by atoms with Gasteiger partial charge in [-0.2, -0.15) is 0 Å². The summed E-state index contributed by atoms with van der Waals surface area (Å²) < 4.78 is 11.7. The van der Waals surface area contributed by atoms with Crippen LogP contribution in [0.4, 0.5) is 0 Å². The molecule has 3 aromatic carbocycles. The van der Waals surface area contributed by atoms with Gasteiger partial charge in [0.15, 0.2) is 11.5 Å². The molecule has 1 saturated heterocycles. The SMILES string of the molecule is COc1cc(C(c2ccc(Cl)c(Cl)c2)N2CCC(C(=O)O)CC2)ccc1OCc1ccccc1. The summed E-state index contributed by atoms with van der Waals surface area (Å²) in [6.45, 7) is 1.77. The summed E-state index contributed by atoms with van der Waals surface area (Å²) in [5.41, 5.74) is 3.07. The molecule has 7 heteroatoms. The van der Waals surface area contributed by atoms with Gasteiger partial charge in [-0.3, -0.25) is 9.69 Å². The molecule has 0 spiro atoms. The molecule has 0 aromatic heterocycles. The highest BCUT2D eigenvalue weighted by atomic mass is 35.5. The molecule has 1 heterocycles. The average molecular weight is 500 g/mol. The standard InChI is InChI=1S/C27H27Cl2NO4/c1-33-25-16-21(8-10-24(25)34-17-18-5-3-2-4-6-18)26(20-7-9-22(28)23(29)15-20)30-13-11-19(12-14-30)27(31)32/h2-10,15-16,19,26H,11-14,17H2,1H3,(H,31,32). The molecule has 1 aliphatic rings. The minimum Gasteiger partial charge on any atom is -0.493 e. The molecule has 5 nitrogen and oxygen atoms in total. The van der Waals surface area contributed by atoms with E-state index in [4.69, 9.17) is 32.7 Å². The van der Waals surface area contributed by atoms with Gasteiger partial charge in [0.2, 0.25) is 0 Å². The fraction of sp³-hybridized carbons (Fsp3) is 0.296. The summed E-state index contributed by atoms with van der Waals surface area (Å²) in [4.78, 5) is 13.7. The second kappa shape index (κ2) is 11.1. The Hall–Kier alpha value is -2.73. The van der Waals surface area contributed by atoms with Crippen LogP contribution in [0.25, 0.3) is 0 Å². The molecular formula is C27H27Cl2NO4. The van der Waals surface area contributed by atoms with E-state index in [-0.39, 0.29) is 12.0 Å². The van der Waals surface area contributed by atoms with Crippen LogP contribution in [0.2, 0.25) is 10.0 Å². The van der Waals surface area contributed by atoms with E-state index in [9.17, 15) is 9.90 Å². The van der Waals surface area contributed by atoms with Crippen molar-refractivity contribution in [3.63, 3.8) is 0 Å². The lowest BCUT2D eigenvalue weighted by atomic mass is 9.91. The van der Waals surface area contributed by atoms with Crippen molar-refractivity contribution < 1.29 is 19.4 Å². The second-order valence-corrected chi connectivity index (χ2v) is 9.22. The number of likely N-dealkylation sites (tertiary alicyclic amines) is 1. The summed E-state index contributed by atoms with van der Waals surface area (Å²) in [6, 6.07) is 21.4. The number of nitrogens with zero attached hydrogens (tertiary/aromatic N) is 1. The fourth-order valence-corrected chi connectivity index (χ4v) is 4.72. The first kappa shape index (κ1) is 24.4. The lowest BCUT2D eigenvalue weighted by molar-refractivity contribution is -0.143. The Kier molecular flexibility index (Phi) is 7.99. The molecule has 1 N–H and O–H groups in total. The van der Waals surface area contributed by atoms with Gasteiger partial charge >= 0.3 is 5.97 Å². The topological polar surface area (TPSA) is 59.0 Å². The highest BCUT2D eigenvalue weighted by molar-refractivity contribution is 6.42. The number of methoxy groups -OCH3 is 1. The van der Waals surface area contributed by atoms with E-state index < -0.39 is 5.97 Å². The summed E-state index contributed by atoms with van der Waals surface area (Å²) in [5.74, 6) is 0.257. The number of ether oxygens (including phenoxy) is 2. The van der Waals surface area contributed by atoms with Crippen LogP contribution in [-0.2, 0) is 11.4 Å². The maximum Gasteiger partial charge on any atom is 0.306 e. The van der Waals surface area contributed by atoms with Gasteiger partial charge in [0, 0.05) is 0 Å². The number of carboxylic acid groups (broad SMARTS) is 1. The zero-order valence-corrected chi connectivity index (χ0v) is 20.4. The van der Waals surface area contributed by atoms with Gasteiger partial charge in [-0.15, -0.1) is 0 Å². The predicted octanol–water partition coefficient (Wildman–Crippen LogP) is 6.47. The highest BCUT2D eigenvalue weighted by Crippen LogP contribution is 2.39. The van der Waals surface area contributed by atoms with Crippen molar-refractivity contribution in [2.45, 2.75) is 25.5 Å². The normalized spacial score (nSPS) is 15.6. The number of aliphatic carboxylic acids is 1. The van der Waals surface area contributed by atoms with Gasteiger partial charge in [0.05, 0.1) is 29.1 Å². The van der Waals surface area contributed by atoms with E-state index in [1.807, 2.05) is 60.7 Å². The summed E-state index contributed by atoms with van der Waals surface area (Å²) in [6.07, 6.45) is 1.20. The van der Waals surface area contributed by atoms with Crippen molar-refractivity contribution >= 4 is 29.2 Å². The minimum atomic E-state index is -0.729. The molecule has 0 saturated carbocycles. The Labute approximate surface area is 209 Å². The van der Waals surface area contributed by atoms with Crippen molar-refractivity contribution in [2.75, 3.05) is 20.2 Å². The molecule has 0 bridgehead atoms. The van der Waals surface area contributed by atoms with Crippen LogP contribution in [0, 0.1) is 5.92 Å². The lowest BCUT2D eigenvalue weighted by Crippen LogP contribution is -2.39. The van der Waals surface area contributed by atoms with Gasteiger partial charge in [-0.1, -0.05) is 65.7 Å². The number of hydrogen-bond acceptors (Lipinski definition) is 4. The molecule has 178 valence electrons. The van der Waals surface area contributed by atoms with Crippen LogP contribution in [0.15, 0.2) is 66.7 Å². The number of carbonyl (C=O) groups is 1. The molecule has 4 rings (SSSR count). The van der Waals surface area contributed by atoms with Crippen molar-refractivity contribution in [3.8, 4) is 11.5 Å². The quantitative estimate of drug-likeness (QED) is 0.384. The fourth-order valence-electron chi connectivity index (χ4n) is 4.41. The molecule has 0 amide bonds. The van der Waals surface area contributed by atoms with Gasteiger partial charge in [-0.05, 0) is 66.9 Å². The Morgan fingerprint density at radius 1 is 0.971 bits per heavy atom. The predicted molar refractivity (Wildman–Crippen MR) is 134 cm³/mol. The van der Waals surface area contributed by atoms with Crippen LogP contribution in [-0.4, -0.2) is 36.2 Å². The van der Waals surface area contributed by atoms with Crippen LogP contribution in [0.5, 0.6) is 11.5 Å². The number of carboxylic acids is 1. The largest absolute Gasteiger partial charge is 0.493 e. The Morgan fingerprint density at radius 3 is 2.29 bits per heavy atom. The van der Waals surface area contributed by atoms with Crippen LogP contribution in [0.3, 0.4) is 0 Å². The minimum absolute atomic E-state index is 0.124. The highest BCUT2D eigenvalue weighted by Gasteiger charge is 2.31. The van der Waals surface area contributed by atoms with Crippen molar-refractivity contribution in [3.05, 3.63) is 93.5 Å². The van der Waals surface area contributed by atoms with Crippen LogP contribution >= 0.6 is 23.2 Å². The Bertz CT molecular complexity index is 1130. The smallest absolute Gasteiger partial charge is 0.306 e. The van der Waals surface area contributed by atoms with Crippen molar-refractivity contribution in [1.82, 2.24) is 4.90 Å². The maximum absolute atomic E-state index is 11.5. The summed E-state index contributed by atoms with van der Waals surface area (Å²) in [7, 11) is 1.63. The van der Waals surface area contributed by atoms with E-state index in [0.717, 1.165) is 16.7 Å². The third-order valence-electron chi connectivity index (χ3n) is 6.24. The van der Waals surface area contributed by atoms with E-state index in [1.54, 1.807) is 13.2 Å². The third kappa shape index (κ3) is 5.66. The van der Waals surface area contributed by atoms with Gasteiger partial charge in [0.1, 0.15) is 6.61 Å². The molecule has 0 radical (unpaired) electrons. The van der Waals surface area contributed by atoms with Gasteiger partial charge < -0.3 is 14.6 Å². The van der Waals surface area contributed by atoms with Crippen molar-refractivity contribution in [1.29, 1.82) is 0 Å². The van der Waals surface area contributed by atoms with Crippen LogP contribution in [0.1, 0.15) is 35.6 Å². The number of piperidine rings is 1. The number of rotatable bonds is 8. The maximum atomic E-state index is 11.5. The van der Waals surface area contributed by atoms with E-state index in [1.165, 1.54) is 0 Å². The first-order valence-corrected chi connectivity index (χ1v) is 12.0. The first-order valence-electron chi connectivity index (χ1n) is 11.2.